The number of hydrogen-bond donors (Lipinski definition) is 1. The van der Waals surface area contributed by atoms with Gasteiger partial charge in [0.25, 0.3) is 0 Å². The Labute approximate surface area is 273 Å². The number of aromatic nitrogens is 2. The average Bonchev–Trinajstić information content (AvgIpc) is 2.61. The van der Waals surface area contributed by atoms with Gasteiger partial charge in [0.15, 0.2) is 0 Å². The number of nitrogens with zero attached hydrogens (tertiary/aromatic N) is 2. The molecule has 0 unspecified atom stereocenters. The van der Waals surface area contributed by atoms with Crippen LogP contribution in [0.1, 0.15) is 0 Å². The van der Waals surface area contributed by atoms with Crippen LogP contribution in [0.4, 0.5) is 4.79 Å². The van der Waals surface area contributed by atoms with E-state index in [2.05, 4.69) is 20.5 Å². The van der Waals surface area contributed by atoms with E-state index in [1.54, 1.807) is 0 Å². The van der Waals surface area contributed by atoms with Crippen LogP contribution in [0.25, 0.3) is 11.0 Å². The molecule has 1 amide bonds. The Kier molecular flexibility index (Phi) is 36.6. The van der Waals surface area contributed by atoms with Gasteiger partial charge in [0, 0.05) is 202 Å². The van der Waals surface area contributed by atoms with Gasteiger partial charge in [-0.25, -0.2) is 9.78 Å². The number of benzene rings is 1. The molecule has 11 heteroatoms. The molecule has 0 spiro atoms. The van der Waals surface area contributed by atoms with Crippen LogP contribution in [0.3, 0.4) is 0 Å². The fourth-order valence-electron chi connectivity index (χ4n) is 1.28. The number of imidazole rings is 1. The van der Waals surface area contributed by atoms with Gasteiger partial charge in [-0.05, 0) is 12.1 Å². The summed E-state index contributed by atoms with van der Waals surface area (Å²) in [7, 11) is 3.18. The normalized spacial score (nSPS) is 7.25. The van der Waals surface area contributed by atoms with Gasteiger partial charge in [-0.2, -0.15) is 0 Å². The molecule has 20 heavy (non-hydrogen) atoms. The van der Waals surface area contributed by atoms with Crippen LogP contribution >= 0.6 is 0 Å². The van der Waals surface area contributed by atoms with Crippen LogP contribution in [0.2, 0.25) is 0 Å². The number of amides is 1. The van der Waals surface area contributed by atoms with E-state index in [0.29, 0.717) is 6.17 Å². The maximum absolute atomic E-state index is 11.5. The van der Waals surface area contributed by atoms with E-state index in [0.717, 1.165) is 11.0 Å². The predicted octanol–water partition coefficient (Wildman–Crippen LogP) is 0.705. The maximum Gasteiger partial charge on any atom is 0.327 e. The summed E-state index contributed by atoms with van der Waals surface area (Å²) in [5.41, 5.74) is 1.63. The van der Waals surface area contributed by atoms with Crippen LogP contribution in [-0.4, -0.2) is 32.0 Å². The number of hydrogen-bond acceptors (Lipinski definition) is 2. The van der Waals surface area contributed by atoms with Crippen molar-refractivity contribution in [1.82, 2.24) is 14.9 Å². The minimum atomic E-state index is -0.186. The maximum atomic E-state index is 11.5. The first kappa shape index (κ1) is 36.0. The van der Waals surface area contributed by atoms with Gasteiger partial charge in [0.2, 0.25) is 0 Å². The van der Waals surface area contributed by atoms with Gasteiger partial charge in [0.05, 0.1) is 21.3 Å². The zero-order valence-corrected chi connectivity index (χ0v) is 28.9. The van der Waals surface area contributed by atoms with Gasteiger partial charge < -0.3 is 5.32 Å². The Morgan fingerprint density at radius 3 is 2.20 bits per heavy atom. The smallest absolute Gasteiger partial charge is 0.327 e. The van der Waals surface area contributed by atoms with Crippen molar-refractivity contribution in [3.05, 3.63) is 30.6 Å². The van der Waals surface area contributed by atoms with E-state index in [9.17, 15) is 4.79 Å². The molecule has 87 valence electrons. The van der Waals surface area contributed by atoms with Crippen LogP contribution in [-0.2, 0) is 196 Å². The Hall–Kier alpha value is 5.00. The van der Waals surface area contributed by atoms with Crippen LogP contribution < -0.4 is 5.32 Å². The molecule has 2 aromatic rings. The van der Waals surface area contributed by atoms with Crippen LogP contribution in [0.5, 0.6) is 0 Å². The third-order valence-electron chi connectivity index (χ3n) is 1.91. The summed E-state index contributed by atoms with van der Waals surface area (Å²) in [6.45, 7) is 0. The summed E-state index contributed by atoms with van der Waals surface area (Å²) in [6.07, 6.45) is 1.94. The van der Waals surface area contributed by atoms with E-state index in [-0.39, 0.29) is 202 Å². The monoisotopic (exact) mass is 735 g/mol. The first-order chi connectivity index (χ1) is 6.83. The molecular weight excluding hydrogens is 728 g/mol. The third-order valence-corrected chi connectivity index (χ3v) is 2.09. The van der Waals surface area contributed by atoms with Gasteiger partial charge in [-0.3, -0.25) is 4.57 Å². The quantitative estimate of drug-likeness (QED) is 0.440. The molecule has 1 N–H and O–H groups in total. The average molecular weight is 736 g/mol. The summed E-state index contributed by atoms with van der Waals surface area (Å²) in [4.78, 5) is 15.6. The molecule has 0 aliphatic heterocycles. The summed E-state index contributed by atoms with van der Waals surface area (Å²) in [6, 6.07) is 7.31. The minimum Gasteiger partial charge on any atom is -0.341 e. The largest absolute Gasteiger partial charge is 0.341 e. The number of rotatable bonds is 1. The van der Waals surface area contributed by atoms with Crippen molar-refractivity contribution in [2.24, 2.45) is 0 Å². The van der Waals surface area contributed by atoms with Crippen molar-refractivity contribution in [2.45, 2.75) is 0 Å². The molecule has 1 aromatic carbocycles. The number of nitrogens with one attached hydrogen (secondary N) is 1. The van der Waals surface area contributed by atoms with E-state index in [4.69, 9.17) is 0 Å². The van der Waals surface area contributed by atoms with Crippen molar-refractivity contribution in [2.75, 3.05) is 6.17 Å². The summed E-state index contributed by atoms with van der Waals surface area (Å²) >= 11 is 0. The second-order valence-corrected chi connectivity index (χ2v) is 3.12. The summed E-state index contributed by atoms with van der Waals surface area (Å²) < 4.78 is 1.48. The topological polar surface area (TPSA) is 46.9 Å². The molecule has 1 heterocycles. The van der Waals surface area contributed by atoms with Gasteiger partial charge in [-0.15, -0.1) is 0 Å². The molecule has 1 aromatic heterocycles. The zero-order valence-electron chi connectivity index (χ0n) is 10.9. The summed E-state index contributed by atoms with van der Waals surface area (Å²) in [5.74, 6) is 0. The van der Waals surface area contributed by atoms with Crippen molar-refractivity contribution in [3.63, 3.8) is 0 Å². The zero-order chi connectivity index (χ0) is 9.97. The molecule has 0 saturated carbocycles. The Bertz CT molecular complexity index is 483. The second kappa shape index (κ2) is 20.3. The fourth-order valence-corrected chi connectivity index (χ4v) is 1.43. The summed E-state index contributed by atoms with van der Waals surface area (Å²) in [5, 5.41) is 2.64. The van der Waals surface area contributed by atoms with Gasteiger partial charge in [-0.1, -0.05) is 12.1 Å². The Morgan fingerprint density at radius 2 is 1.65 bits per heavy atom. The van der Waals surface area contributed by atoms with E-state index in [1.807, 2.05) is 24.3 Å². The van der Waals surface area contributed by atoms with Gasteiger partial charge >= 0.3 is 6.03 Å². The number of carbonyl (C=O) groups is 1. The first-order valence-corrected chi connectivity index (χ1v) is 4.88. The van der Waals surface area contributed by atoms with Gasteiger partial charge in [0.1, 0.15) is 6.33 Å². The molecular formula is C9H8N3OSiY6. The van der Waals surface area contributed by atoms with Crippen molar-refractivity contribution in [1.29, 1.82) is 0 Å². The molecule has 2 rings (SSSR count). The van der Waals surface area contributed by atoms with Crippen molar-refractivity contribution < 1.29 is 201 Å². The fraction of sp³-hybridized carbons (Fsp3) is 0.111. The molecule has 9 radical (unpaired) electrons. The van der Waals surface area contributed by atoms with E-state index < -0.39 is 0 Å². The number of carbonyl (C=O) groups excluding carboxylic acids is 1. The minimum absolute atomic E-state index is 0. The van der Waals surface area contributed by atoms with Crippen LogP contribution in [0, 0.1) is 0 Å². The molecule has 0 aliphatic rings. The number of fused-ring (bicyclic) bond motifs is 1. The molecule has 0 atom stereocenters. The predicted molar refractivity (Wildman–Crippen MR) is 54.3 cm³/mol. The standard InChI is InChI=1S/C9H8N3OSi.6Y/c13-9(11-6-14)12-5-10-7-3-1-2-4-8(7)12;;;;;;/h1-5H,6H2,(H,11,13);;;;;;. The van der Waals surface area contributed by atoms with Crippen molar-refractivity contribution >= 4 is 27.3 Å². The molecule has 0 aliphatic carbocycles. The Morgan fingerprint density at radius 1 is 1.10 bits per heavy atom. The number of para-hydroxylation sites is 2. The second-order valence-electron chi connectivity index (χ2n) is 2.76. The molecule has 0 fully saturated rings. The molecule has 4 nitrogen and oxygen atoms in total. The molecule has 0 bridgehead atoms. The van der Waals surface area contributed by atoms with Crippen molar-refractivity contribution in [3.8, 4) is 0 Å². The van der Waals surface area contributed by atoms with E-state index >= 15 is 0 Å². The van der Waals surface area contributed by atoms with Crippen LogP contribution in [0.15, 0.2) is 30.6 Å². The Balaban J connectivity index is -0.000000125. The van der Waals surface area contributed by atoms with E-state index in [1.165, 1.54) is 10.9 Å². The third kappa shape index (κ3) is 10.9. The molecule has 0 saturated heterocycles. The SMILES string of the molecule is O=C(NC[Si])n1cnc2ccccc21.[Y].[Y].[Y].[Y].[Y].[Y]. The first-order valence-electron chi connectivity index (χ1n) is 4.18.